The van der Waals surface area contributed by atoms with Gasteiger partial charge < -0.3 is 9.73 Å². The van der Waals surface area contributed by atoms with Crippen LogP contribution in [0.25, 0.3) is 0 Å². The third kappa shape index (κ3) is 2.77. The molecule has 2 nitrogen and oxygen atoms in total. The van der Waals surface area contributed by atoms with Gasteiger partial charge in [0, 0.05) is 15.8 Å². The quantitative estimate of drug-likeness (QED) is 0.871. The van der Waals surface area contributed by atoms with Crippen LogP contribution in [0.1, 0.15) is 16.7 Å². The Bertz CT molecular complexity index is 466. The maximum Gasteiger partial charge on any atom is 0.169 e. The SMILES string of the molecule is CNC(Cc1sccc1Br)c1ccc(Br)o1. The van der Waals surface area contributed by atoms with E-state index in [4.69, 9.17) is 4.42 Å². The second kappa shape index (κ2) is 5.49. The van der Waals surface area contributed by atoms with Crippen LogP contribution in [0, 0.1) is 0 Å². The number of likely N-dealkylation sites (N-methyl/N-ethyl adjacent to an activating group) is 1. The maximum absolute atomic E-state index is 5.57. The van der Waals surface area contributed by atoms with Crippen LogP contribution >= 0.6 is 43.2 Å². The smallest absolute Gasteiger partial charge is 0.169 e. The molecular formula is C11H11Br2NOS. The van der Waals surface area contributed by atoms with E-state index in [1.54, 1.807) is 11.3 Å². The minimum atomic E-state index is 0.209. The van der Waals surface area contributed by atoms with Gasteiger partial charge in [0.25, 0.3) is 0 Å². The summed E-state index contributed by atoms with van der Waals surface area (Å²) in [7, 11) is 1.95. The lowest BCUT2D eigenvalue weighted by molar-refractivity contribution is 0.417. The van der Waals surface area contributed by atoms with E-state index < -0.39 is 0 Å². The first kappa shape index (κ1) is 12.4. The fourth-order valence-corrected chi connectivity index (χ4v) is 3.40. The van der Waals surface area contributed by atoms with Gasteiger partial charge in [0.15, 0.2) is 4.67 Å². The van der Waals surface area contributed by atoms with Gasteiger partial charge in [0.05, 0.1) is 6.04 Å². The molecule has 1 atom stereocenters. The molecule has 5 heteroatoms. The Morgan fingerprint density at radius 3 is 2.69 bits per heavy atom. The molecule has 0 aliphatic heterocycles. The van der Waals surface area contributed by atoms with E-state index in [-0.39, 0.29) is 6.04 Å². The Balaban J connectivity index is 2.15. The number of rotatable bonds is 4. The van der Waals surface area contributed by atoms with Crippen LogP contribution in [0.4, 0.5) is 0 Å². The van der Waals surface area contributed by atoms with Crippen molar-refractivity contribution in [3.05, 3.63) is 43.4 Å². The third-order valence-electron chi connectivity index (χ3n) is 2.37. The lowest BCUT2D eigenvalue weighted by Crippen LogP contribution is -2.17. The highest BCUT2D eigenvalue weighted by Crippen LogP contribution is 2.29. The Morgan fingerprint density at radius 1 is 1.38 bits per heavy atom. The maximum atomic E-state index is 5.57. The first-order chi connectivity index (χ1) is 7.70. The Labute approximate surface area is 115 Å². The highest BCUT2D eigenvalue weighted by molar-refractivity contribution is 9.10. The van der Waals surface area contributed by atoms with Crippen molar-refractivity contribution in [3.8, 4) is 0 Å². The number of thiophene rings is 1. The average molecular weight is 365 g/mol. The molecule has 0 radical (unpaired) electrons. The molecule has 2 aromatic heterocycles. The Hall–Kier alpha value is -0.100. The summed E-state index contributed by atoms with van der Waals surface area (Å²) in [4.78, 5) is 1.33. The predicted octanol–water partition coefficient (Wildman–Crippen LogP) is 4.37. The molecule has 0 bridgehead atoms. The molecule has 0 aliphatic carbocycles. The number of nitrogens with one attached hydrogen (secondary N) is 1. The zero-order chi connectivity index (χ0) is 11.5. The van der Waals surface area contributed by atoms with Crippen molar-refractivity contribution in [3.63, 3.8) is 0 Å². The van der Waals surface area contributed by atoms with Crippen LogP contribution in [0.3, 0.4) is 0 Å². The van der Waals surface area contributed by atoms with Gasteiger partial charge in [-0.05, 0) is 62.5 Å². The molecular weight excluding hydrogens is 354 g/mol. The lowest BCUT2D eigenvalue weighted by atomic mass is 10.1. The number of furan rings is 1. The van der Waals surface area contributed by atoms with Gasteiger partial charge in [0.2, 0.25) is 0 Å². The van der Waals surface area contributed by atoms with Crippen LogP contribution in [-0.2, 0) is 6.42 Å². The van der Waals surface area contributed by atoms with Crippen molar-refractivity contribution < 1.29 is 4.42 Å². The fraction of sp³-hybridized carbons (Fsp3) is 0.273. The molecule has 2 heterocycles. The van der Waals surface area contributed by atoms with E-state index >= 15 is 0 Å². The van der Waals surface area contributed by atoms with Gasteiger partial charge in [-0.3, -0.25) is 0 Å². The summed E-state index contributed by atoms with van der Waals surface area (Å²) in [6.07, 6.45) is 0.925. The van der Waals surface area contributed by atoms with Crippen molar-refractivity contribution >= 4 is 43.2 Å². The standard InChI is InChI=1S/C11H11Br2NOS/c1-14-8(9-2-3-11(13)15-9)6-10-7(12)4-5-16-10/h2-5,8,14H,6H2,1H3. The van der Waals surface area contributed by atoms with Crippen molar-refractivity contribution in [2.45, 2.75) is 12.5 Å². The molecule has 0 saturated carbocycles. The molecule has 0 saturated heterocycles. The number of hydrogen-bond donors (Lipinski definition) is 1. The predicted molar refractivity (Wildman–Crippen MR) is 73.9 cm³/mol. The molecule has 0 spiro atoms. The largest absolute Gasteiger partial charge is 0.453 e. The van der Waals surface area contributed by atoms with Crippen molar-refractivity contribution in [1.29, 1.82) is 0 Å². The van der Waals surface area contributed by atoms with E-state index in [2.05, 4.69) is 48.6 Å². The normalized spacial score (nSPS) is 12.9. The van der Waals surface area contributed by atoms with Gasteiger partial charge >= 0.3 is 0 Å². The third-order valence-corrected chi connectivity index (χ3v) is 4.74. The summed E-state index contributed by atoms with van der Waals surface area (Å²) in [5.41, 5.74) is 0. The molecule has 0 fully saturated rings. The number of halogens is 2. The van der Waals surface area contributed by atoms with Gasteiger partial charge in [-0.25, -0.2) is 0 Å². The summed E-state index contributed by atoms with van der Waals surface area (Å²) < 4.78 is 7.51. The topological polar surface area (TPSA) is 25.2 Å². The average Bonchev–Trinajstić information content (AvgIpc) is 2.85. The van der Waals surface area contributed by atoms with Gasteiger partial charge in [-0.2, -0.15) is 0 Å². The lowest BCUT2D eigenvalue weighted by Gasteiger charge is -2.12. The number of hydrogen-bond acceptors (Lipinski definition) is 3. The molecule has 2 rings (SSSR count). The van der Waals surface area contributed by atoms with Gasteiger partial charge in [0.1, 0.15) is 5.76 Å². The molecule has 1 N–H and O–H groups in total. The van der Waals surface area contributed by atoms with Crippen molar-refractivity contribution in [2.24, 2.45) is 0 Å². The molecule has 0 amide bonds. The van der Waals surface area contributed by atoms with Crippen molar-refractivity contribution in [2.75, 3.05) is 7.05 Å². The molecule has 86 valence electrons. The summed E-state index contributed by atoms with van der Waals surface area (Å²) in [5.74, 6) is 0.953. The van der Waals surface area contributed by atoms with Gasteiger partial charge in [-0.15, -0.1) is 11.3 Å². The zero-order valence-corrected chi connectivity index (χ0v) is 12.7. The van der Waals surface area contributed by atoms with E-state index in [0.29, 0.717) is 0 Å². The molecule has 0 aromatic carbocycles. The van der Waals surface area contributed by atoms with Crippen LogP contribution < -0.4 is 5.32 Å². The molecule has 2 aromatic rings. The zero-order valence-electron chi connectivity index (χ0n) is 8.67. The highest BCUT2D eigenvalue weighted by atomic mass is 79.9. The molecule has 1 unspecified atom stereocenters. The van der Waals surface area contributed by atoms with Crippen LogP contribution in [0.5, 0.6) is 0 Å². The molecule has 16 heavy (non-hydrogen) atoms. The van der Waals surface area contributed by atoms with Crippen molar-refractivity contribution in [1.82, 2.24) is 5.32 Å². The van der Waals surface area contributed by atoms with E-state index in [1.165, 1.54) is 9.35 Å². The Morgan fingerprint density at radius 2 is 2.19 bits per heavy atom. The summed E-state index contributed by atoms with van der Waals surface area (Å²) in [5, 5.41) is 5.36. The van der Waals surface area contributed by atoms with E-state index in [9.17, 15) is 0 Å². The fourth-order valence-electron chi connectivity index (χ4n) is 1.52. The molecule has 0 aliphatic rings. The van der Waals surface area contributed by atoms with Crippen LogP contribution in [-0.4, -0.2) is 7.05 Å². The minimum absolute atomic E-state index is 0.209. The second-order valence-electron chi connectivity index (χ2n) is 3.38. The first-order valence-corrected chi connectivity index (χ1v) is 7.31. The monoisotopic (exact) mass is 363 g/mol. The van der Waals surface area contributed by atoms with E-state index in [1.807, 2.05) is 19.2 Å². The van der Waals surface area contributed by atoms with Crippen LogP contribution in [0.15, 0.2) is 37.1 Å². The first-order valence-electron chi connectivity index (χ1n) is 4.85. The Kier molecular flexibility index (Phi) is 4.24. The highest BCUT2D eigenvalue weighted by Gasteiger charge is 2.16. The van der Waals surface area contributed by atoms with Gasteiger partial charge in [-0.1, -0.05) is 0 Å². The minimum Gasteiger partial charge on any atom is -0.453 e. The van der Waals surface area contributed by atoms with Crippen LogP contribution in [0.2, 0.25) is 0 Å². The summed E-state index contributed by atoms with van der Waals surface area (Å²) in [6.45, 7) is 0. The second-order valence-corrected chi connectivity index (χ2v) is 6.02. The summed E-state index contributed by atoms with van der Waals surface area (Å²) >= 11 is 8.62. The van der Waals surface area contributed by atoms with E-state index in [0.717, 1.165) is 16.9 Å². The summed E-state index contributed by atoms with van der Waals surface area (Å²) in [6, 6.07) is 6.20.